The summed E-state index contributed by atoms with van der Waals surface area (Å²) in [5.41, 5.74) is 0. The summed E-state index contributed by atoms with van der Waals surface area (Å²) in [6.45, 7) is 0. The van der Waals surface area contributed by atoms with Gasteiger partial charge in [0.2, 0.25) is 0 Å². The van der Waals surface area contributed by atoms with E-state index in [2.05, 4.69) is 0 Å². The SMILES string of the molecule is O=S(=O)([O-])[O-].[NH4+].[Ni+2]. The molecule has 0 fully saturated rings. The van der Waals surface area contributed by atoms with Crippen molar-refractivity contribution in [3.63, 3.8) is 0 Å². The van der Waals surface area contributed by atoms with Gasteiger partial charge in [0.1, 0.15) is 0 Å². The van der Waals surface area contributed by atoms with Crippen molar-refractivity contribution >= 4 is 10.4 Å². The maximum atomic E-state index is 8.52. The van der Waals surface area contributed by atoms with E-state index in [0.29, 0.717) is 0 Å². The van der Waals surface area contributed by atoms with E-state index in [1.165, 1.54) is 0 Å². The number of hydrogen-bond donors (Lipinski definition) is 1. The summed E-state index contributed by atoms with van der Waals surface area (Å²) in [7, 11) is -5.17. The molecule has 7 heteroatoms. The molecule has 0 radical (unpaired) electrons. The van der Waals surface area contributed by atoms with Crippen LogP contribution >= 0.6 is 0 Å². The normalized spacial score (nSPS) is 8.29. The van der Waals surface area contributed by atoms with Crippen molar-refractivity contribution in [1.29, 1.82) is 0 Å². The molecule has 0 spiro atoms. The van der Waals surface area contributed by atoms with E-state index in [1.54, 1.807) is 0 Å². The smallest absolute Gasteiger partial charge is 0.759 e. The molecule has 0 heterocycles. The molecule has 7 heavy (non-hydrogen) atoms. The molecular formula is H4NNiO4S+. The summed E-state index contributed by atoms with van der Waals surface area (Å²) in [6, 6.07) is 0. The molecule has 5 nitrogen and oxygen atoms in total. The average molecular weight is 173 g/mol. The minimum atomic E-state index is -5.17. The predicted molar refractivity (Wildman–Crippen MR) is 16.5 cm³/mol. The molecule has 0 aromatic heterocycles. The molecule has 0 atom stereocenters. The van der Waals surface area contributed by atoms with Gasteiger partial charge in [-0.25, -0.2) is 0 Å². The second kappa shape index (κ2) is 4.48. The molecule has 0 aliphatic heterocycles. The second-order valence-corrected chi connectivity index (χ2v) is 1.22. The molecule has 48 valence electrons. The summed E-state index contributed by atoms with van der Waals surface area (Å²) < 4.78 is 34.1. The Kier molecular flexibility index (Phi) is 10.0. The maximum absolute atomic E-state index is 8.52. The number of hydrogen-bond acceptors (Lipinski definition) is 4. The fraction of sp³-hybridized carbons (Fsp3) is 0. The van der Waals surface area contributed by atoms with Gasteiger partial charge in [0.15, 0.2) is 0 Å². The molecule has 0 unspecified atom stereocenters. The van der Waals surface area contributed by atoms with E-state index in [0.717, 1.165) is 0 Å². The Morgan fingerprint density at radius 2 is 1.14 bits per heavy atom. The van der Waals surface area contributed by atoms with Gasteiger partial charge in [0.05, 0.1) is 0 Å². The van der Waals surface area contributed by atoms with Crippen molar-refractivity contribution in [3.05, 3.63) is 0 Å². The third kappa shape index (κ3) is 1130. The zero-order valence-electron chi connectivity index (χ0n) is 3.36. The zero-order valence-corrected chi connectivity index (χ0v) is 5.16. The molecule has 0 aromatic rings. The molecule has 0 aliphatic carbocycles. The van der Waals surface area contributed by atoms with Gasteiger partial charge in [0, 0.05) is 10.4 Å². The summed E-state index contributed by atoms with van der Waals surface area (Å²) >= 11 is 0. The van der Waals surface area contributed by atoms with Crippen LogP contribution in [0.5, 0.6) is 0 Å². The van der Waals surface area contributed by atoms with Gasteiger partial charge in [-0.1, -0.05) is 0 Å². The quantitative estimate of drug-likeness (QED) is 0.288. The van der Waals surface area contributed by atoms with Crippen LogP contribution < -0.4 is 6.15 Å². The van der Waals surface area contributed by atoms with E-state index in [1.807, 2.05) is 0 Å². The first-order valence-electron chi connectivity index (χ1n) is 0.667. The molecule has 4 N–H and O–H groups in total. The van der Waals surface area contributed by atoms with Gasteiger partial charge in [-0.15, -0.1) is 0 Å². The Balaban J connectivity index is -0.0000000800. The molecule has 0 rings (SSSR count). The first kappa shape index (κ1) is 15.7. The molecular weight excluding hydrogens is 169 g/mol. The topological polar surface area (TPSA) is 117 Å². The third-order valence-electron chi connectivity index (χ3n) is 0. The second-order valence-electron chi connectivity index (χ2n) is 0.408. The Labute approximate surface area is 51.2 Å². The van der Waals surface area contributed by atoms with E-state index in [-0.39, 0.29) is 22.6 Å². The largest absolute Gasteiger partial charge is 2.00 e. The molecule has 0 amide bonds. The number of quaternary nitrogens is 1. The Hall–Kier alpha value is 0.324. The molecule has 0 aromatic carbocycles. The minimum Gasteiger partial charge on any atom is -0.759 e. The molecule has 0 saturated heterocycles. The van der Waals surface area contributed by atoms with Gasteiger partial charge in [0.25, 0.3) is 0 Å². The maximum Gasteiger partial charge on any atom is 2.00 e. The fourth-order valence-electron chi connectivity index (χ4n) is 0. The van der Waals surface area contributed by atoms with Gasteiger partial charge in [-0.2, -0.15) is 0 Å². The van der Waals surface area contributed by atoms with Gasteiger partial charge < -0.3 is 15.3 Å². The molecule has 0 bridgehead atoms. The third-order valence-corrected chi connectivity index (χ3v) is 0. The van der Waals surface area contributed by atoms with Crippen LogP contribution in [0, 0.1) is 0 Å². The molecule has 0 aliphatic rings. The van der Waals surface area contributed by atoms with Crippen LogP contribution in [0.25, 0.3) is 0 Å². The van der Waals surface area contributed by atoms with Crippen LogP contribution in [0.15, 0.2) is 0 Å². The first-order valence-corrected chi connectivity index (χ1v) is 2.00. The van der Waals surface area contributed by atoms with E-state index in [4.69, 9.17) is 17.5 Å². The van der Waals surface area contributed by atoms with Crippen molar-refractivity contribution in [2.75, 3.05) is 0 Å². The van der Waals surface area contributed by atoms with Crippen molar-refractivity contribution in [2.24, 2.45) is 0 Å². The number of rotatable bonds is 0. The average Bonchev–Trinajstić information content (AvgIpc) is 0.722. The van der Waals surface area contributed by atoms with Crippen LogP contribution in [0.4, 0.5) is 0 Å². The summed E-state index contributed by atoms with van der Waals surface area (Å²) in [5.74, 6) is 0. The standard InChI is InChI=1S/H3N.Ni.H2O4S/c;;1-5(2,3)4/h1H3;;(H2,1,2,3,4)/q;+2;/p-1. The van der Waals surface area contributed by atoms with Crippen molar-refractivity contribution in [3.8, 4) is 0 Å². The van der Waals surface area contributed by atoms with E-state index >= 15 is 0 Å². The van der Waals surface area contributed by atoms with Crippen molar-refractivity contribution in [1.82, 2.24) is 6.15 Å². The Bertz CT molecular complexity index is 94.9. The summed E-state index contributed by atoms with van der Waals surface area (Å²) in [5, 5.41) is 0. The summed E-state index contributed by atoms with van der Waals surface area (Å²) in [6.07, 6.45) is 0. The van der Waals surface area contributed by atoms with Gasteiger partial charge in [-0.3, -0.25) is 8.42 Å². The van der Waals surface area contributed by atoms with Gasteiger partial charge in [-0.05, 0) is 0 Å². The van der Waals surface area contributed by atoms with Crippen LogP contribution in [0.1, 0.15) is 0 Å². The van der Waals surface area contributed by atoms with E-state index in [9.17, 15) is 0 Å². The van der Waals surface area contributed by atoms with Crippen LogP contribution in [0.2, 0.25) is 0 Å². The van der Waals surface area contributed by atoms with Crippen molar-refractivity contribution < 1.29 is 34.0 Å². The van der Waals surface area contributed by atoms with Crippen LogP contribution in [-0.4, -0.2) is 17.5 Å². The van der Waals surface area contributed by atoms with E-state index < -0.39 is 10.4 Å². The zero-order chi connectivity index (χ0) is 4.50. The first-order chi connectivity index (χ1) is 2.00. The van der Waals surface area contributed by atoms with Gasteiger partial charge >= 0.3 is 16.5 Å². The fourth-order valence-corrected chi connectivity index (χ4v) is 0. The minimum absolute atomic E-state index is 0. The Morgan fingerprint density at radius 3 is 1.14 bits per heavy atom. The van der Waals surface area contributed by atoms with Crippen LogP contribution in [0.3, 0.4) is 0 Å². The Morgan fingerprint density at radius 1 is 1.14 bits per heavy atom. The molecule has 0 saturated carbocycles. The monoisotopic (exact) mass is 172 g/mol. The van der Waals surface area contributed by atoms with Crippen LogP contribution in [-0.2, 0) is 26.9 Å². The van der Waals surface area contributed by atoms with Crippen molar-refractivity contribution in [2.45, 2.75) is 0 Å². The summed E-state index contributed by atoms with van der Waals surface area (Å²) in [4.78, 5) is 0. The predicted octanol–water partition coefficient (Wildman–Crippen LogP) is -0.964.